The molecule has 6 nitrogen and oxygen atoms in total. The van der Waals surface area contributed by atoms with E-state index in [9.17, 15) is 19.1 Å². The van der Waals surface area contributed by atoms with E-state index in [1.54, 1.807) is 47.4 Å². The SMILES string of the molecule is O=C(O)C1CCCN(C(=O)c2ccccc2-c2ncc(-c3ccccc3F)o2)C1. The van der Waals surface area contributed by atoms with Crippen LogP contribution in [0.4, 0.5) is 4.39 Å². The highest BCUT2D eigenvalue weighted by Gasteiger charge is 2.30. The molecule has 4 rings (SSSR count). The summed E-state index contributed by atoms with van der Waals surface area (Å²) in [4.78, 5) is 30.2. The van der Waals surface area contributed by atoms with Gasteiger partial charge in [0.2, 0.25) is 5.89 Å². The molecule has 1 unspecified atom stereocenters. The number of piperidine rings is 1. The molecule has 0 radical (unpaired) electrons. The van der Waals surface area contributed by atoms with Crippen molar-refractivity contribution in [2.75, 3.05) is 13.1 Å². The summed E-state index contributed by atoms with van der Waals surface area (Å²) in [5, 5.41) is 9.28. The second-order valence-corrected chi connectivity index (χ2v) is 6.98. The molecule has 148 valence electrons. The Labute approximate surface area is 166 Å². The number of nitrogens with zero attached hydrogens (tertiary/aromatic N) is 2. The average Bonchev–Trinajstić information content (AvgIpc) is 3.23. The quantitative estimate of drug-likeness (QED) is 0.721. The number of benzene rings is 2. The lowest BCUT2D eigenvalue weighted by molar-refractivity contribution is -0.143. The Morgan fingerprint density at radius 3 is 2.59 bits per heavy atom. The van der Waals surface area contributed by atoms with Crippen LogP contribution in [0.25, 0.3) is 22.8 Å². The fraction of sp³-hybridized carbons (Fsp3) is 0.227. The van der Waals surface area contributed by atoms with Crippen LogP contribution in [-0.4, -0.2) is 40.0 Å². The zero-order valence-corrected chi connectivity index (χ0v) is 15.5. The number of likely N-dealkylation sites (tertiary alicyclic amines) is 1. The molecule has 7 heteroatoms. The van der Waals surface area contributed by atoms with E-state index in [4.69, 9.17) is 4.42 Å². The van der Waals surface area contributed by atoms with Crippen LogP contribution in [0.2, 0.25) is 0 Å². The molecule has 0 bridgehead atoms. The molecule has 0 aliphatic carbocycles. The molecule has 3 aromatic rings. The monoisotopic (exact) mass is 394 g/mol. The highest BCUT2D eigenvalue weighted by molar-refractivity contribution is 6.00. The lowest BCUT2D eigenvalue weighted by Crippen LogP contribution is -2.42. The van der Waals surface area contributed by atoms with Gasteiger partial charge in [-0.05, 0) is 37.1 Å². The van der Waals surface area contributed by atoms with E-state index in [1.165, 1.54) is 12.3 Å². The lowest BCUT2D eigenvalue weighted by atomic mass is 9.97. The summed E-state index contributed by atoms with van der Waals surface area (Å²) in [6.07, 6.45) is 2.63. The average molecular weight is 394 g/mol. The fourth-order valence-corrected chi connectivity index (χ4v) is 3.57. The van der Waals surface area contributed by atoms with Gasteiger partial charge in [-0.1, -0.05) is 24.3 Å². The molecule has 2 aromatic carbocycles. The van der Waals surface area contributed by atoms with Gasteiger partial charge in [0.25, 0.3) is 5.91 Å². The summed E-state index contributed by atoms with van der Waals surface area (Å²) in [7, 11) is 0. The number of carbonyl (C=O) groups is 2. The zero-order chi connectivity index (χ0) is 20.4. The van der Waals surface area contributed by atoms with E-state index in [0.717, 1.165) is 0 Å². The number of hydrogen-bond donors (Lipinski definition) is 1. The van der Waals surface area contributed by atoms with Crippen molar-refractivity contribution >= 4 is 11.9 Å². The van der Waals surface area contributed by atoms with E-state index in [-0.39, 0.29) is 29.7 Å². The number of hydrogen-bond acceptors (Lipinski definition) is 4. The van der Waals surface area contributed by atoms with Gasteiger partial charge in [0.1, 0.15) is 5.82 Å². The van der Waals surface area contributed by atoms with Crippen LogP contribution < -0.4 is 0 Å². The van der Waals surface area contributed by atoms with Gasteiger partial charge in [0.05, 0.1) is 23.2 Å². The molecule has 1 aromatic heterocycles. The van der Waals surface area contributed by atoms with E-state index in [2.05, 4.69) is 4.98 Å². The Kier molecular flexibility index (Phi) is 5.12. The predicted molar refractivity (Wildman–Crippen MR) is 104 cm³/mol. The smallest absolute Gasteiger partial charge is 0.308 e. The molecule has 1 atom stereocenters. The Balaban J connectivity index is 1.65. The first kappa shape index (κ1) is 18.9. The summed E-state index contributed by atoms with van der Waals surface area (Å²) < 4.78 is 19.8. The molecule has 1 amide bonds. The fourth-order valence-electron chi connectivity index (χ4n) is 3.57. The molecule has 29 heavy (non-hydrogen) atoms. The van der Waals surface area contributed by atoms with E-state index >= 15 is 0 Å². The number of carboxylic acids is 1. The first-order chi connectivity index (χ1) is 14.0. The summed E-state index contributed by atoms with van der Waals surface area (Å²) in [6, 6.07) is 13.1. The Hall–Kier alpha value is -3.48. The Morgan fingerprint density at radius 2 is 1.83 bits per heavy atom. The largest absolute Gasteiger partial charge is 0.481 e. The van der Waals surface area contributed by atoms with E-state index < -0.39 is 17.7 Å². The standard InChI is InChI=1S/C22H19FN2O4/c23-18-10-4-3-9-17(18)19-12-24-20(29-19)15-7-1-2-8-16(15)21(26)25-11-5-6-14(13-25)22(27)28/h1-4,7-10,12,14H,5-6,11,13H2,(H,27,28). The summed E-state index contributed by atoms with van der Waals surface area (Å²) in [5.74, 6) is -1.67. The zero-order valence-electron chi connectivity index (χ0n) is 15.5. The first-order valence-corrected chi connectivity index (χ1v) is 9.37. The topological polar surface area (TPSA) is 83.6 Å². The number of amides is 1. The molecule has 1 aliphatic rings. The Morgan fingerprint density at radius 1 is 1.10 bits per heavy atom. The van der Waals surface area contributed by atoms with Crippen molar-refractivity contribution in [3.63, 3.8) is 0 Å². The highest BCUT2D eigenvalue weighted by Crippen LogP contribution is 2.30. The molecule has 1 aliphatic heterocycles. The summed E-state index contributed by atoms with van der Waals surface area (Å²) in [6.45, 7) is 0.678. The molecule has 1 saturated heterocycles. The van der Waals surface area contributed by atoms with Gasteiger partial charge in [-0.2, -0.15) is 0 Å². The van der Waals surface area contributed by atoms with Gasteiger partial charge in [0.15, 0.2) is 5.76 Å². The van der Waals surface area contributed by atoms with Crippen LogP contribution in [0.1, 0.15) is 23.2 Å². The molecule has 2 heterocycles. The van der Waals surface area contributed by atoms with E-state index in [0.29, 0.717) is 30.5 Å². The maximum Gasteiger partial charge on any atom is 0.308 e. The molecular formula is C22H19FN2O4. The Bertz CT molecular complexity index is 1060. The third kappa shape index (κ3) is 3.76. The van der Waals surface area contributed by atoms with Crippen LogP contribution in [0.15, 0.2) is 59.1 Å². The second kappa shape index (κ2) is 7.87. The van der Waals surface area contributed by atoms with Gasteiger partial charge < -0.3 is 14.4 Å². The first-order valence-electron chi connectivity index (χ1n) is 9.37. The van der Waals surface area contributed by atoms with Crippen molar-refractivity contribution in [3.8, 4) is 22.8 Å². The van der Waals surface area contributed by atoms with Crippen LogP contribution >= 0.6 is 0 Å². The van der Waals surface area contributed by atoms with Crippen LogP contribution in [0, 0.1) is 11.7 Å². The third-order valence-electron chi connectivity index (χ3n) is 5.09. The van der Waals surface area contributed by atoms with Gasteiger partial charge >= 0.3 is 5.97 Å². The number of rotatable bonds is 4. The minimum atomic E-state index is -0.891. The van der Waals surface area contributed by atoms with Gasteiger partial charge in [-0.25, -0.2) is 9.37 Å². The number of carboxylic acid groups (broad SMARTS) is 1. The summed E-state index contributed by atoms with van der Waals surface area (Å²) in [5.41, 5.74) is 1.15. The lowest BCUT2D eigenvalue weighted by Gasteiger charge is -2.31. The third-order valence-corrected chi connectivity index (χ3v) is 5.09. The highest BCUT2D eigenvalue weighted by atomic mass is 19.1. The van der Waals surface area contributed by atoms with Crippen molar-refractivity contribution < 1.29 is 23.5 Å². The van der Waals surface area contributed by atoms with Crippen LogP contribution in [-0.2, 0) is 4.79 Å². The maximum atomic E-state index is 14.0. The second-order valence-electron chi connectivity index (χ2n) is 6.98. The number of oxazole rings is 1. The molecule has 0 saturated carbocycles. The van der Waals surface area contributed by atoms with Crippen molar-refractivity contribution in [2.24, 2.45) is 5.92 Å². The molecular weight excluding hydrogens is 375 g/mol. The van der Waals surface area contributed by atoms with Crippen LogP contribution in [0.3, 0.4) is 0 Å². The molecule has 1 fully saturated rings. The van der Waals surface area contributed by atoms with Crippen molar-refractivity contribution in [1.29, 1.82) is 0 Å². The number of halogens is 1. The van der Waals surface area contributed by atoms with E-state index in [1.807, 2.05) is 0 Å². The van der Waals surface area contributed by atoms with Crippen molar-refractivity contribution in [2.45, 2.75) is 12.8 Å². The molecule has 0 spiro atoms. The number of carbonyl (C=O) groups excluding carboxylic acids is 1. The maximum absolute atomic E-state index is 14.0. The minimum Gasteiger partial charge on any atom is -0.481 e. The number of aliphatic carboxylic acids is 1. The number of aromatic nitrogens is 1. The van der Waals surface area contributed by atoms with Crippen LogP contribution in [0.5, 0.6) is 0 Å². The predicted octanol–water partition coefficient (Wildman–Crippen LogP) is 4.08. The minimum absolute atomic E-state index is 0.175. The molecule has 1 N–H and O–H groups in total. The normalized spacial score (nSPS) is 16.6. The van der Waals surface area contributed by atoms with Gasteiger partial charge in [-0.15, -0.1) is 0 Å². The van der Waals surface area contributed by atoms with Gasteiger partial charge in [-0.3, -0.25) is 9.59 Å². The summed E-state index contributed by atoms with van der Waals surface area (Å²) >= 11 is 0. The van der Waals surface area contributed by atoms with Crippen molar-refractivity contribution in [3.05, 3.63) is 66.1 Å². The van der Waals surface area contributed by atoms with Gasteiger partial charge in [0, 0.05) is 18.7 Å². The van der Waals surface area contributed by atoms with Crippen molar-refractivity contribution in [1.82, 2.24) is 9.88 Å².